The van der Waals surface area contributed by atoms with Crippen molar-refractivity contribution in [2.24, 2.45) is 5.92 Å². The fourth-order valence-electron chi connectivity index (χ4n) is 2.57. The zero-order valence-electron chi connectivity index (χ0n) is 11.9. The molecule has 0 aliphatic carbocycles. The van der Waals surface area contributed by atoms with E-state index in [1.807, 2.05) is 24.0 Å². The molecule has 2 atom stereocenters. The maximum atomic E-state index is 12.1. The van der Waals surface area contributed by atoms with Crippen molar-refractivity contribution in [3.05, 3.63) is 24.2 Å². The van der Waals surface area contributed by atoms with E-state index in [9.17, 15) is 4.79 Å². The van der Waals surface area contributed by atoms with Gasteiger partial charge in [0, 0.05) is 19.6 Å². The zero-order valence-corrected chi connectivity index (χ0v) is 11.9. The first-order valence-electron chi connectivity index (χ1n) is 6.80. The second-order valence-corrected chi connectivity index (χ2v) is 5.55. The van der Waals surface area contributed by atoms with Crippen LogP contribution < -0.4 is 5.32 Å². The van der Waals surface area contributed by atoms with E-state index >= 15 is 0 Å². The molecule has 0 aromatic carbocycles. The van der Waals surface area contributed by atoms with E-state index in [0.717, 1.165) is 31.8 Å². The van der Waals surface area contributed by atoms with Crippen LogP contribution in [-0.4, -0.2) is 49.6 Å². The monoisotopic (exact) mass is 265 g/mol. The molecule has 0 saturated carbocycles. The number of hydrogen-bond donors (Lipinski definition) is 1. The summed E-state index contributed by atoms with van der Waals surface area (Å²) in [4.78, 5) is 16.2. The Morgan fingerprint density at radius 2 is 2.42 bits per heavy atom. The fourth-order valence-corrected chi connectivity index (χ4v) is 2.57. The summed E-state index contributed by atoms with van der Waals surface area (Å²) >= 11 is 0. The highest BCUT2D eigenvalue weighted by atomic mass is 16.3. The average molecular weight is 265 g/mol. The van der Waals surface area contributed by atoms with E-state index in [2.05, 4.69) is 24.3 Å². The molecule has 2 heterocycles. The molecule has 1 aliphatic heterocycles. The summed E-state index contributed by atoms with van der Waals surface area (Å²) in [6.45, 7) is 4.66. The summed E-state index contributed by atoms with van der Waals surface area (Å²) in [7, 11) is 4.14. The first-order valence-corrected chi connectivity index (χ1v) is 6.80. The Hall–Kier alpha value is -1.49. The average Bonchev–Trinajstić information content (AvgIpc) is 2.97. The molecule has 5 heteroatoms. The van der Waals surface area contributed by atoms with Gasteiger partial charge in [0.25, 0.3) is 0 Å². The molecule has 106 valence electrons. The normalized spacial score (nSPS) is 20.8. The summed E-state index contributed by atoms with van der Waals surface area (Å²) in [5, 5.41) is 2.98. The third kappa shape index (κ3) is 3.73. The van der Waals surface area contributed by atoms with Crippen LogP contribution in [0.1, 0.15) is 25.1 Å². The SMILES string of the molecule is C[C@@H](NC(=O)N1CC[C@@H](CN(C)C)C1)c1ccco1. The highest BCUT2D eigenvalue weighted by Crippen LogP contribution is 2.18. The van der Waals surface area contributed by atoms with Gasteiger partial charge >= 0.3 is 6.03 Å². The molecule has 0 unspecified atom stereocenters. The number of carbonyl (C=O) groups is 1. The van der Waals surface area contributed by atoms with Crippen molar-refractivity contribution in [2.75, 3.05) is 33.7 Å². The van der Waals surface area contributed by atoms with Crippen molar-refractivity contribution in [2.45, 2.75) is 19.4 Å². The lowest BCUT2D eigenvalue weighted by molar-refractivity contribution is 0.200. The second kappa shape index (κ2) is 6.10. The molecule has 1 saturated heterocycles. The van der Waals surface area contributed by atoms with Gasteiger partial charge in [-0.15, -0.1) is 0 Å². The van der Waals surface area contributed by atoms with Gasteiger partial charge in [-0.3, -0.25) is 0 Å². The number of rotatable bonds is 4. The highest BCUT2D eigenvalue weighted by Gasteiger charge is 2.27. The lowest BCUT2D eigenvalue weighted by atomic mass is 10.1. The Morgan fingerprint density at radius 1 is 1.63 bits per heavy atom. The van der Waals surface area contributed by atoms with E-state index in [0.29, 0.717) is 5.92 Å². The van der Waals surface area contributed by atoms with Crippen molar-refractivity contribution in [1.82, 2.24) is 15.1 Å². The molecule has 2 rings (SSSR count). The number of likely N-dealkylation sites (tertiary alicyclic amines) is 1. The molecule has 5 nitrogen and oxygen atoms in total. The summed E-state index contributed by atoms with van der Waals surface area (Å²) in [6, 6.07) is 3.63. The minimum atomic E-state index is -0.0876. The molecular formula is C14H23N3O2. The van der Waals surface area contributed by atoms with Gasteiger partial charge in [0.15, 0.2) is 0 Å². The number of furan rings is 1. The topological polar surface area (TPSA) is 48.7 Å². The number of hydrogen-bond acceptors (Lipinski definition) is 3. The minimum Gasteiger partial charge on any atom is -0.467 e. The Bertz CT molecular complexity index is 403. The van der Waals surface area contributed by atoms with Gasteiger partial charge in [-0.05, 0) is 45.5 Å². The van der Waals surface area contributed by atoms with E-state index in [1.165, 1.54) is 0 Å². The quantitative estimate of drug-likeness (QED) is 0.905. The van der Waals surface area contributed by atoms with Gasteiger partial charge < -0.3 is 19.5 Å². The van der Waals surface area contributed by atoms with Crippen molar-refractivity contribution < 1.29 is 9.21 Å². The van der Waals surface area contributed by atoms with Crippen molar-refractivity contribution in [3.63, 3.8) is 0 Å². The van der Waals surface area contributed by atoms with Crippen molar-refractivity contribution >= 4 is 6.03 Å². The second-order valence-electron chi connectivity index (χ2n) is 5.55. The van der Waals surface area contributed by atoms with Crippen LogP contribution in [0.2, 0.25) is 0 Å². The van der Waals surface area contributed by atoms with Crippen LogP contribution in [-0.2, 0) is 0 Å². The van der Waals surface area contributed by atoms with Crippen molar-refractivity contribution in [3.8, 4) is 0 Å². The molecule has 0 radical (unpaired) electrons. The fraction of sp³-hybridized carbons (Fsp3) is 0.643. The molecule has 1 aliphatic rings. The molecule has 0 bridgehead atoms. The number of amides is 2. The standard InChI is InChI=1S/C14H23N3O2/c1-11(13-5-4-8-19-13)15-14(18)17-7-6-12(10-17)9-16(2)3/h4-5,8,11-12H,6-7,9-10H2,1-3H3,(H,15,18)/t11-,12+/m1/s1. The molecule has 1 aromatic rings. The van der Waals surface area contributed by atoms with Gasteiger partial charge in [-0.25, -0.2) is 4.79 Å². The van der Waals surface area contributed by atoms with E-state index < -0.39 is 0 Å². The summed E-state index contributed by atoms with van der Waals surface area (Å²) in [5.74, 6) is 1.37. The Labute approximate surface area is 114 Å². The Kier molecular flexibility index (Phi) is 4.47. The largest absolute Gasteiger partial charge is 0.467 e. The van der Waals surface area contributed by atoms with Crippen LogP contribution in [0.25, 0.3) is 0 Å². The van der Waals surface area contributed by atoms with Gasteiger partial charge in [-0.1, -0.05) is 0 Å². The third-order valence-electron chi connectivity index (χ3n) is 3.51. The molecule has 0 spiro atoms. The molecule has 1 aromatic heterocycles. The summed E-state index contributed by atoms with van der Waals surface area (Å²) < 4.78 is 5.29. The van der Waals surface area contributed by atoms with E-state index in [-0.39, 0.29) is 12.1 Å². The Morgan fingerprint density at radius 3 is 3.05 bits per heavy atom. The lowest BCUT2D eigenvalue weighted by Gasteiger charge is -2.21. The van der Waals surface area contributed by atoms with Crippen LogP contribution in [0.4, 0.5) is 4.79 Å². The molecule has 1 N–H and O–H groups in total. The predicted molar refractivity (Wildman–Crippen MR) is 73.9 cm³/mol. The number of nitrogens with one attached hydrogen (secondary N) is 1. The van der Waals surface area contributed by atoms with Crippen LogP contribution in [0.3, 0.4) is 0 Å². The Balaban J connectivity index is 1.81. The molecule has 1 fully saturated rings. The predicted octanol–water partition coefficient (Wildman–Crippen LogP) is 1.93. The minimum absolute atomic E-state index is 0.00477. The van der Waals surface area contributed by atoms with Crippen LogP contribution >= 0.6 is 0 Å². The van der Waals surface area contributed by atoms with Gasteiger partial charge in [0.05, 0.1) is 12.3 Å². The van der Waals surface area contributed by atoms with E-state index in [4.69, 9.17) is 4.42 Å². The van der Waals surface area contributed by atoms with E-state index in [1.54, 1.807) is 6.26 Å². The summed E-state index contributed by atoms with van der Waals surface area (Å²) in [5.41, 5.74) is 0. The maximum absolute atomic E-state index is 12.1. The smallest absolute Gasteiger partial charge is 0.317 e. The third-order valence-corrected chi connectivity index (χ3v) is 3.51. The zero-order chi connectivity index (χ0) is 13.8. The lowest BCUT2D eigenvalue weighted by Crippen LogP contribution is -2.40. The van der Waals surface area contributed by atoms with Crippen LogP contribution in [0.5, 0.6) is 0 Å². The van der Waals surface area contributed by atoms with Crippen molar-refractivity contribution in [1.29, 1.82) is 0 Å². The van der Waals surface area contributed by atoms with Gasteiger partial charge in [0.1, 0.15) is 5.76 Å². The number of nitrogens with zero attached hydrogens (tertiary/aromatic N) is 2. The maximum Gasteiger partial charge on any atom is 0.317 e. The van der Waals surface area contributed by atoms with Gasteiger partial charge in [0.2, 0.25) is 0 Å². The highest BCUT2D eigenvalue weighted by molar-refractivity contribution is 5.74. The number of urea groups is 1. The first-order chi connectivity index (χ1) is 9.06. The molecule has 2 amide bonds. The first kappa shape index (κ1) is 13.9. The van der Waals surface area contributed by atoms with Crippen LogP contribution in [0, 0.1) is 5.92 Å². The summed E-state index contributed by atoms with van der Waals surface area (Å²) in [6.07, 6.45) is 2.71. The molecular weight excluding hydrogens is 242 g/mol. The molecule has 19 heavy (non-hydrogen) atoms. The van der Waals surface area contributed by atoms with Crippen LogP contribution in [0.15, 0.2) is 22.8 Å². The van der Waals surface area contributed by atoms with Gasteiger partial charge in [-0.2, -0.15) is 0 Å². The number of carbonyl (C=O) groups excluding carboxylic acids is 1.